The van der Waals surface area contributed by atoms with Gasteiger partial charge in [-0.15, -0.1) is 0 Å². The third-order valence-corrected chi connectivity index (χ3v) is 7.26. The van der Waals surface area contributed by atoms with E-state index in [0.29, 0.717) is 35.7 Å². The van der Waals surface area contributed by atoms with Gasteiger partial charge in [-0.2, -0.15) is 0 Å². The molecule has 6 rings (SSSR count). The van der Waals surface area contributed by atoms with Gasteiger partial charge in [0.25, 0.3) is 0 Å². The lowest BCUT2D eigenvalue weighted by molar-refractivity contribution is -0.131. The van der Waals surface area contributed by atoms with Crippen LogP contribution in [0, 0.1) is 11.2 Å². The maximum Gasteiger partial charge on any atom is 0.240 e. The molecule has 1 aromatic heterocycles. The van der Waals surface area contributed by atoms with Crippen molar-refractivity contribution in [2.24, 2.45) is 5.41 Å². The smallest absolute Gasteiger partial charge is 0.240 e. The van der Waals surface area contributed by atoms with Crippen LogP contribution in [-0.4, -0.2) is 37.0 Å². The van der Waals surface area contributed by atoms with Crippen molar-refractivity contribution in [3.05, 3.63) is 78.7 Å². The quantitative estimate of drug-likeness (QED) is 0.285. The molecule has 0 spiro atoms. The molecule has 2 fully saturated rings. The molecule has 0 unspecified atom stereocenters. The zero-order valence-electron chi connectivity index (χ0n) is 21.4. The molecule has 0 atom stereocenters. The topological polar surface area (TPSA) is 92.8 Å². The van der Waals surface area contributed by atoms with Crippen LogP contribution in [-0.2, 0) is 9.59 Å². The molecule has 39 heavy (non-hydrogen) atoms. The average molecular weight is 527 g/mol. The Balaban J connectivity index is 1.15. The van der Waals surface area contributed by atoms with E-state index >= 15 is 0 Å². The van der Waals surface area contributed by atoms with Crippen LogP contribution in [0.15, 0.2) is 72.9 Å². The Bertz CT molecular complexity index is 1550. The molecule has 2 heterocycles. The third kappa shape index (κ3) is 4.83. The van der Waals surface area contributed by atoms with Crippen molar-refractivity contribution in [1.29, 1.82) is 0 Å². The Morgan fingerprint density at radius 2 is 1.54 bits per heavy atom. The van der Waals surface area contributed by atoms with Gasteiger partial charge in [-0.3, -0.25) is 14.6 Å². The van der Waals surface area contributed by atoms with E-state index in [-0.39, 0.29) is 5.91 Å². The van der Waals surface area contributed by atoms with Crippen molar-refractivity contribution in [2.45, 2.75) is 19.3 Å². The first-order valence-electron chi connectivity index (χ1n) is 12.8. The van der Waals surface area contributed by atoms with Crippen LogP contribution in [0.25, 0.3) is 10.9 Å². The molecule has 1 saturated heterocycles. The second kappa shape index (κ2) is 9.90. The number of aromatic nitrogens is 1. The number of carbonyl (C=O) groups is 2. The number of anilines is 3. The van der Waals surface area contributed by atoms with Crippen molar-refractivity contribution >= 4 is 39.8 Å². The molecule has 3 aromatic carbocycles. The van der Waals surface area contributed by atoms with E-state index < -0.39 is 17.1 Å². The first-order chi connectivity index (χ1) is 18.9. The summed E-state index contributed by atoms with van der Waals surface area (Å²) < 4.78 is 25.0. The molecule has 2 amide bonds. The number of nitrogens with one attached hydrogen (secondary N) is 2. The Labute approximate surface area is 224 Å². The SMILES string of the molecule is COc1cc2nccc(Oc3ccc(NC(=O)C4(C(=O)Nc5ccc(F)cc5)CC4)cc3)c2cc1N1CCC1. The van der Waals surface area contributed by atoms with Gasteiger partial charge in [-0.05, 0) is 79.9 Å². The number of methoxy groups -OCH3 is 1. The van der Waals surface area contributed by atoms with Gasteiger partial charge >= 0.3 is 0 Å². The standard InChI is InChI=1S/C30H27FN4O4/c1-38-27-18-24-23(17-25(27)35-15-2-16-35)26(11-14-32-24)39-22-9-7-21(8-10-22)34-29(37)30(12-13-30)28(36)33-20-5-3-19(31)4-6-20/h3-11,14,17-18H,2,12-13,15-16H2,1H3,(H,33,36)(H,34,37). The lowest BCUT2D eigenvalue weighted by Crippen LogP contribution is -2.37. The second-order valence-corrected chi connectivity index (χ2v) is 9.81. The summed E-state index contributed by atoms with van der Waals surface area (Å²) in [6, 6.07) is 18.2. The molecule has 2 N–H and O–H groups in total. The van der Waals surface area contributed by atoms with Crippen molar-refractivity contribution < 1.29 is 23.5 Å². The van der Waals surface area contributed by atoms with E-state index in [0.717, 1.165) is 41.9 Å². The van der Waals surface area contributed by atoms with Gasteiger partial charge in [-0.1, -0.05) is 0 Å². The normalized spacial score (nSPS) is 15.3. The summed E-state index contributed by atoms with van der Waals surface area (Å²) in [5.74, 6) is 0.876. The maximum absolute atomic E-state index is 13.2. The fraction of sp³-hybridized carbons (Fsp3) is 0.233. The monoisotopic (exact) mass is 526 g/mol. The number of hydrogen-bond donors (Lipinski definition) is 2. The predicted octanol–water partition coefficient (Wildman–Crippen LogP) is 5.74. The molecule has 0 radical (unpaired) electrons. The first kappa shape index (κ1) is 24.7. The molecule has 9 heteroatoms. The van der Waals surface area contributed by atoms with E-state index in [1.54, 1.807) is 37.6 Å². The number of carbonyl (C=O) groups excluding carboxylic acids is 2. The van der Waals surface area contributed by atoms with E-state index in [9.17, 15) is 14.0 Å². The Hall–Kier alpha value is -4.66. The molecule has 0 bridgehead atoms. The van der Waals surface area contributed by atoms with Crippen molar-refractivity contribution in [2.75, 3.05) is 35.7 Å². The average Bonchev–Trinajstić information content (AvgIpc) is 3.73. The summed E-state index contributed by atoms with van der Waals surface area (Å²) in [7, 11) is 1.66. The highest BCUT2D eigenvalue weighted by Crippen LogP contribution is 2.47. The van der Waals surface area contributed by atoms with Gasteiger partial charge in [-0.25, -0.2) is 4.39 Å². The van der Waals surface area contributed by atoms with Crippen LogP contribution >= 0.6 is 0 Å². The Kier molecular flexibility index (Phi) is 6.26. The minimum absolute atomic E-state index is 0.372. The van der Waals surface area contributed by atoms with Crippen LogP contribution < -0.4 is 25.0 Å². The zero-order valence-corrected chi connectivity index (χ0v) is 21.4. The minimum Gasteiger partial charge on any atom is -0.495 e. The summed E-state index contributed by atoms with van der Waals surface area (Å²) in [5, 5.41) is 6.43. The lowest BCUT2D eigenvalue weighted by Gasteiger charge is -2.34. The summed E-state index contributed by atoms with van der Waals surface area (Å²) in [6.07, 6.45) is 3.75. The molecule has 2 aliphatic rings. The fourth-order valence-electron chi connectivity index (χ4n) is 4.64. The molecule has 4 aromatic rings. The fourth-order valence-corrected chi connectivity index (χ4v) is 4.64. The molecule has 198 valence electrons. The maximum atomic E-state index is 13.2. The lowest BCUT2D eigenvalue weighted by atomic mass is 10.0. The summed E-state index contributed by atoms with van der Waals surface area (Å²) in [5.41, 5.74) is 1.66. The molecule has 1 aliphatic carbocycles. The van der Waals surface area contributed by atoms with Gasteiger partial charge in [0.1, 0.15) is 28.5 Å². The van der Waals surface area contributed by atoms with Crippen LogP contribution in [0.4, 0.5) is 21.5 Å². The Morgan fingerprint density at radius 1 is 0.897 bits per heavy atom. The molecule has 1 aliphatic heterocycles. The Morgan fingerprint density at radius 3 is 2.10 bits per heavy atom. The van der Waals surface area contributed by atoms with Gasteiger partial charge in [0.05, 0.1) is 18.3 Å². The van der Waals surface area contributed by atoms with Crippen LogP contribution in [0.5, 0.6) is 17.2 Å². The number of rotatable bonds is 8. The highest BCUT2D eigenvalue weighted by molar-refractivity contribution is 6.16. The van der Waals surface area contributed by atoms with Crippen LogP contribution in [0.3, 0.4) is 0 Å². The highest BCUT2D eigenvalue weighted by atomic mass is 19.1. The van der Waals surface area contributed by atoms with Crippen molar-refractivity contribution in [3.63, 3.8) is 0 Å². The van der Waals surface area contributed by atoms with Gasteiger partial charge in [0.2, 0.25) is 11.8 Å². The zero-order chi connectivity index (χ0) is 27.0. The van der Waals surface area contributed by atoms with Crippen molar-refractivity contribution in [3.8, 4) is 17.2 Å². The molecular formula is C30H27FN4O4. The predicted molar refractivity (Wildman–Crippen MR) is 147 cm³/mol. The molecular weight excluding hydrogens is 499 g/mol. The number of benzene rings is 3. The van der Waals surface area contributed by atoms with Gasteiger partial charge in [0, 0.05) is 42.1 Å². The summed E-state index contributed by atoms with van der Waals surface area (Å²) >= 11 is 0. The molecule has 1 saturated carbocycles. The number of ether oxygens (including phenoxy) is 2. The number of fused-ring (bicyclic) bond motifs is 1. The van der Waals surface area contributed by atoms with Crippen LogP contribution in [0.2, 0.25) is 0 Å². The van der Waals surface area contributed by atoms with E-state index in [4.69, 9.17) is 9.47 Å². The number of nitrogens with zero attached hydrogens (tertiary/aromatic N) is 2. The van der Waals surface area contributed by atoms with Gasteiger partial charge in [0.15, 0.2) is 0 Å². The number of hydrogen-bond acceptors (Lipinski definition) is 6. The molecule has 8 nitrogen and oxygen atoms in total. The summed E-state index contributed by atoms with van der Waals surface area (Å²) in [6.45, 7) is 1.97. The number of halogens is 1. The van der Waals surface area contributed by atoms with E-state index in [2.05, 4.69) is 26.6 Å². The minimum atomic E-state index is -1.13. The largest absolute Gasteiger partial charge is 0.495 e. The first-order valence-corrected chi connectivity index (χ1v) is 12.8. The van der Waals surface area contributed by atoms with E-state index in [1.807, 2.05) is 12.1 Å². The van der Waals surface area contributed by atoms with Crippen molar-refractivity contribution in [1.82, 2.24) is 4.98 Å². The van der Waals surface area contributed by atoms with Crippen LogP contribution in [0.1, 0.15) is 19.3 Å². The van der Waals surface area contributed by atoms with E-state index in [1.165, 1.54) is 24.3 Å². The summed E-state index contributed by atoms with van der Waals surface area (Å²) in [4.78, 5) is 32.5. The third-order valence-electron chi connectivity index (χ3n) is 7.26. The highest BCUT2D eigenvalue weighted by Gasteiger charge is 2.56. The number of amides is 2. The second-order valence-electron chi connectivity index (χ2n) is 9.81. The number of pyridine rings is 1. The van der Waals surface area contributed by atoms with Gasteiger partial charge < -0.3 is 25.0 Å².